The van der Waals surface area contributed by atoms with Crippen molar-refractivity contribution in [3.8, 4) is 0 Å². The van der Waals surface area contributed by atoms with Gasteiger partial charge in [-0.05, 0) is 0 Å². The Hall–Kier alpha value is -1.19. The average molecular weight is 481 g/mol. The van der Waals surface area contributed by atoms with E-state index in [0.29, 0.717) is 36.8 Å². The normalized spacial score (nSPS) is 14.3. The van der Waals surface area contributed by atoms with Gasteiger partial charge in [0.05, 0.1) is 0 Å². The molecule has 0 saturated carbocycles. The minimum atomic E-state index is -0.128. The van der Waals surface area contributed by atoms with Gasteiger partial charge in [0.15, 0.2) is 0 Å². The van der Waals surface area contributed by atoms with Crippen LogP contribution < -0.4 is 11.5 Å². The van der Waals surface area contributed by atoms with Gasteiger partial charge in [-0.1, -0.05) is 0 Å². The van der Waals surface area contributed by atoms with Gasteiger partial charge in [0.25, 0.3) is 0 Å². The van der Waals surface area contributed by atoms with E-state index in [1.807, 2.05) is 3.98 Å². The Morgan fingerprint density at radius 3 is 1.06 bits per heavy atom. The van der Waals surface area contributed by atoms with Crippen LogP contribution >= 0.6 is 0 Å². The average Bonchev–Trinajstić information content (AvgIpc) is 2.71. The van der Waals surface area contributed by atoms with Crippen LogP contribution in [-0.2, 0) is 15.7 Å². The molecule has 0 bridgehead atoms. The zero-order valence-corrected chi connectivity index (χ0v) is 22.2. The Bertz CT molecular complexity index is 749. The number of benzene rings is 2. The quantitative estimate of drug-likeness (QED) is 0.374. The molecule has 2 aromatic rings. The molecule has 0 spiro atoms. The molecule has 0 radical (unpaired) electrons. The molecule has 0 aliphatic heterocycles. The molecule has 0 amide bonds. The first-order chi connectivity index (χ1) is 15.0. The van der Waals surface area contributed by atoms with E-state index in [4.69, 9.17) is 27.1 Å². The van der Waals surface area contributed by atoms with Gasteiger partial charge in [-0.15, -0.1) is 0 Å². The van der Waals surface area contributed by atoms with Crippen molar-refractivity contribution in [1.82, 2.24) is 3.98 Å². The van der Waals surface area contributed by atoms with E-state index in [1.54, 1.807) is 0 Å². The summed E-state index contributed by atoms with van der Waals surface area (Å²) in [7, 11) is 0. The fourth-order valence-corrected chi connectivity index (χ4v) is 5.12. The van der Waals surface area contributed by atoms with Crippen LogP contribution in [-0.4, -0.2) is 17.1 Å². The van der Waals surface area contributed by atoms with E-state index in [2.05, 4.69) is 91.8 Å². The van der Waals surface area contributed by atoms with E-state index < -0.39 is 0 Å². The molecule has 0 saturated heterocycles. The van der Waals surface area contributed by atoms with Crippen molar-refractivity contribution >= 4 is 0 Å². The van der Waals surface area contributed by atoms with Crippen LogP contribution in [0.1, 0.15) is 125 Å². The number of hydrogen-bond acceptors (Lipinski definition) is 3. The summed E-state index contributed by atoms with van der Waals surface area (Å²) in [5, 5.41) is 0. The Labute approximate surface area is 204 Å². The molecule has 2 unspecified atom stereocenters. The molecule has 4 heteroatoms. The third-order valence-electron chi connectivity index (χ3n) is 6.34. The first kappa shape index (κ1) is 27.1. The van der Waals surface area contributed by atoms with E-state index >= 15 is 0 Å². The van der Waals surface area contributed by atoms with E-state index in [-0.39, 0.29) is 12.1 Å². The maximum atomic E-state index is 6.80. The van der Waals surface area contributed by atoms with Crippen LogP contribution in [0.4, 0.5) is 0 Å². The van der Waals surface area contributed by atoms with Gasteiger partial charge in [-0.2, -0.15) is 0 Å². The zero-order chi connectivity index (χ0) is 24.2. The number of nitrogens with two attached hydrogens (primary N) is 2. The van der Waals surface area contributed by atoms with Gasteiger partial charge >= 0.3 is 205 Å². The van der Waals surface area contributed by atoms with Gasteiger partial charge in [0.2, 0.25) is 0 Å². The van der Waals surface area contributed by atoms with Crippen molar-refractivity contribution in [2.75, 3.05) is 13.1 Å². The van der Waals surface area contributed by atoms with Gasteiger partial charge < -0.3 is 0 Å². The van der Waals surface area contributed by atoms with Gasteiger partial charge in [0.1, 0.15) is 0 Å². The SMILES string of the molecule is CC(C)c1cccc(C(C)C)c1C(N)C[N]([Ni])CC(N)c1c(C(C)C)cccc1C(C)C. The Balaban J connectivity index is 2.29. The molecule has 0 heterocycles. The van der Waals surface area contributed by atoms with Crippen LogP contribution in [0.3, 0.4) is 0 Å². The Morgan fingerprint density at radius 2 is 0.844 bits per heavy atom. The Morgan fingerprint density at radius 1 is 0.594 bits per heavy atom. The molecule has 2 aromatic carbocycles. The third kappa shape index (κ3) is 6.44. The van der Waals surface area contributed by atoms with Gasteiger partial charge in [0, 0.05) is 0 Å². The minimum absolute atomic E-state index is 0.128. The van der Waals surface area contributed by atoms with Crippen molar-refractivity contribution in [2.45, 2.75) is 91.1 Å². The topological polar surface area (TPSA) is 55.3 Å². The molecule has 3 nitrogen and oxygen atoms in total. The first-order valence-corrected chi connectivity index (χ1v) is 12.5. The van der Waals surface area contributed by atoms with Gasteiger partial charge in [-0.3, -0.25) is 0 Å². The molecule has 4 N–H and O–H groups in total. The number of hydrogen-bond donors (Lipinski definition) is 2. The predicted molar refractivity (Wildman–Crippen MR) is 135 cm³/mol. The van der Waals surface area contributed by atoms with E-state index in [0.717, 1.165) is 0 Å². The van der Waals surface area contributed by atoms with Crippen molar-refractivity contribution in [2.24, 2.45) is 11.5 Å². The van der Waals surface area contributed by atoms with Crippen LogP contribution in [0, 0.1) is 0 Å². The fourth-order valence-electron chi connectivity index (χ4n) is 4.73. The van der Waals surface area contributed by atoms with Crippen LogP contribution in [0.15, 0.2) is 36.4 Å². The predicted octanol–water partition coefficient (Wildman–Crippen LogP) is 6.64. The molecular formula is C28H44N3Ni. The molecular weight excluding hydrogens is 437 g/mol. The summed E-state index contributed by atoms with van der Waals surface area (Å²) in [4.78, 5) is 0. The summed E-state index contributed by atoms with van der Waals surface area (Å²) in [6.07, 6.45) is 0. The summed E-state index contributed by atoms with van der Waals surface area (Å²) in [6, 6.07) is 12.9. The van der Waals surface area contributed by atoms with E-state index in [1.165, 1.54) is 33.4 Å². The summed E-state index contributed by atoms with van der Waals surface area (Å²) in [5.41, 5.74) is 21.4. The first-order valence-electron chi connectivity index (χ1n) is 12.1. The molecule has 2 atom stereocenters. The summed E-state index contributed by atoms with van der Waals surface area (Å²) in [5.74, 6) is 1.69. The standard InChI is InChI=1S/C28H44N3.Ni/c1-17(2)21-11-9-12-22(18(3)4)27(21)25(29)15-31-16-26(30)28-23(19(5)6)13-10-14-24(28)20(7)8;/h9-14,17-20,25-26H,15-16,29-30H2,1-8H3;/q-1;+1. The number of rotatable bonds is 10. The zero-order valence-electron chi connectivity index (χ0n) is 21.3. The molecule has 0 aromatic heterocycles. The molecule has 0 aliphatic rings. The second-order valence-corrected chi connectivity index (χ2v) is 10.9. The molecule has 0 fully saturated rings. The molecule has 32 heavy (non-hydrogen) atoms. The second kappa shape index (κ2) is 11.8. The Kier molecular flexibility index (Phi) is 9.97. The van der Waals surface area contributed by atoms with Crippen molar-refractivity contribution in [3.63, 3.8) is 0 Å². The fraction of sp³-hybridized carbons (Fsp3) is 0.571. The van der Waals surface area contributed by atoms with E-state index in [9.17, 15) is 0 Å². The van der Waals surface area contributed by atoms with Crippen LogP contribution in [0.25, 0.3) is 0 Å². The summed E-state index contributed by atoms with van der Waals surface area (Å²) < 4.78 is 1.94. The molecule has 181 valence electrons. The van der Waals surface area contributed by atoms with Crippen LogP contribution in [0.5, 0.6) is 0 Å². The maximum absolute atomic E-state index is 6.80. The van der Waals surface area contributed by atoms with Crippen molar-refractivity contribution in [1.29, 1.82) is 0 Å². The van der Waals surface area contributed by atoms with Crippen molar-refractivity contribution in [3.05, 3.63) is 69.8 Å². The second-order valence-electron chi connectivity index (χ2n) is 10.3. The summed E-state index contributed by atoms with van der Waals surface area (Å²) in [6.45, 7) is 19.1. The monoisotopic (exact) mass is 480 g/mol. The third-order valence-corrected chi connectivity index (χ3v) is 6.70. The van der Waals surface area contributed by atoms with Crippen LogP contribution in [0.2, 0.25) is 0 Å². The molecule has 2 rings (SSSR count). The number of nitrogens with zero attached hydrogens (tertiary/aromatic N) is 1. The van der Waals surface area contributed by atoms with Gasteiger partial charge in [-0.25, -0.2) is 0 Å². The van der Waals surface area contributed by atoms with Crippen molar-refractivity contribution < 1.29 is 15.7 Å². The summed E-state index contributed by atoms with van der Waals surface area (Å²) >= 11 is 5.43. The molecule has 0 aliphatic carbocycles.